The molecule has 0 atom stereocenters. The van der Waals surface area contributed by atoms with Crippen molar-refractivity contribution in [1.82, 2.24) is 14.3 Å². The molecule has 0 spiro atoms. The molecule has 146 valence electrons. The van der Waals surface area contributed by atoms with Gasteiger partial charge in [-0.3, -0.25) is 0 Å². The van der Waals surface area contributed by atoms with Gasteiger partial charge in [0, 0.05) is 42.1 Å². The molecule has 2 aromatic carbocycles. The summed E-state index contributed by atoms with van der Waals surface area (Å²) in [6.07, 6.45) is 2.42. The number of nitrogens with zero attached hydrogens (tertiary/aromatic N) is 4. The smallest absolute Gasteiger partial charge is 0.298 e. The lowest BCUT2D eigenvalue weighted by Crippen LogP contribution is -2.14. The maximum absolute atomic E-state index is 6.37. The van der Waals surface area contributed by atoms with Crippen LogP contribution in [0.1, 0.15) is 23.9 Å². The number of halogens is 2. The van der Waals surface area contributed by atoms with Crippen LogP contribution in [0.15, 0.2) is 45.9 Å². The van der Waals surface area contributed by atoms with Crippen molar-refractivity contribution < 1.29 is 4.74 Å². The van der Waals surface area contributed by atoms with Crippen LogP contribution in [0.3, 0.4) is 0 Å². The third-order valence-corrected chi connectivity index (χ3v) is 5.52. The van der Waals surface area contributed by atoms with Crippen molar-refractivity contribution >= 4 is 51.1 Å². The van der Waals surface area contributed by atoms with E-state index in [9.17, 15) is 0 Å². The van der Waals surface area contributed by atoms with Gasteiger partial charge in [0.2, 0.25) is 0 Å². The monoisotopic (exact) mass is 478 g/mol. The minimum absolute atomic E-state index is 0.494. The van der Waals surface area contributed by atoms with Crippen molar-refractivity contribution in [3.05, 3.63) is 62.8 Å². The maximum Gasteiger partial charge on any atom is 0.298 e. The summed E-state index contributed by atoms with van der Waals surface area (Å²) in [6.45, 7) is 4.89. The van der Waals surface area contributed by atoms with Crippen LogP contribution in [0.4, 0.5) is 5.69 Å². The van der Waals surface area contributed by atoms with Crippen LogP contribution in [-0.2, 0) is 6.42 Å². The molecular formula is C20H20BrClN4OS. The zero-order valence-electron chi connectivity index (χ0n) is 15.8. The second kappa shape index (κ2) is 9.49. The molecule has 3 rings (SSSR count). The topological polar surface area (TPSA) is 50.6 Å². The Balaban J connectivity index is 1.71. The molecular weight excluding hydrogens is 460 g/mol. The van der Waals surface area contributed by atoms with Crippen molar-refractivity contribution in [3.63, 3.8) is 0 Å². The number of ether oxygens (including phenoxy) is 1. The van der Waals surface area contributed by atoms with E-state index >= 15 is 0 Å². The molecule has 3 aromatic rings. The molecule has 0 amide bonds. The number of aromatic nitrogens is 2. The third kappa shape index (κ3) is 5.53. The van der Waals surface area contributed by atoms with E-state index in [-0.39, 0.29) is 0 Å². The highest BCUT2D eigenvalue weighted by Gasteiger charge is 2.11. The number of rotatable bonds is 7. The van der Waals surface area contributed by atoms with Crippen LogP contribution < -0.4 is 4.74 Å². The van der Waals surface area contributed by atoms with Gasteiger partial charge in [-0.05, 0) is 43.2 Å². The fourth-order valence-corrected chi connectivity index (χ4v) is 3.36. The van der Waals surface area contributed by atoms with E-state index in [1.807, 2.05) is 49.2 Å². The first-order valence-electron chi connectivity index (χ1n) is 8.74. The number of benzene rings is 2. The highest BCUT2D eigenvalue weighted by atomic mass is 79.9. The maximum atomic E-state index is 6.37. The lowest BCUT2D eigenvalue weighted by Gasteiger charge is -2.10. The van der Waals surface area contributed by atoms with Crippen molar-refractivity contribution in [1.29, 1.82) is 0 Å². The molecule has 1 aromatic heterocycles. The number of hydrogen-bond acceptors (Lipinski definition) is 5. The van der Waals surface area contributed by atoms with Crippen molar-refractivity contribution in [3.8, 4) is 10.9 Å². The highest BCUT2D eigenvalue weighted by molar-refractivity contribution is 9.10. The normalized spacial score (nSPS) is 11.2. The van der Waals surface area contributed by atoms with Crippen LogP contribution in [-0.4, -0.2) is 34.2 Å². The van der Waals surface area contributed by atoms with E-state index in [0.29, 0.717) is 28.1 Å². The van der Waals surface area contributed by atoms with E-state index < -0.39 is 0 Å². The standard InChI is InChI=1S/C20H20BrClN4OS/c1-4-26(3)12-23-17-9-13(2)18(11-16(17)22)27-20-24-19(25-28-20)10-14-5-7-15(21)8-6-14/h5-9,11-12H,4,10H2,1-3H3/b23-12-. The lowest BCUT2D eigenvalue weighted by atomic mass is 10.1. The number of aliphatic imine (C=N–C) groups is 1. The number of aryl methyl sites for hydroxylation is 1. The van der Waals surface area contributed by atoms with Gasteiger partial charge in [-0.2, -0.15) is 9.36 Å². The van der Waals surface area contributed by atoms with Gasteiger partial charge in [0.05, 0.1) is 17.0 Å². The van der Waals surface area contributed by atoms with E-state index in [4.69, 9.17) is 16.3 Å². The minimum atomic E-state index is 0.494. The van der Waals surface area contributed by atoms with Crippen molar-refractivity contribution in [2.45, 2.75) is 20.3 Å². The summed E-state index contributed by atoms with van der Waals surface area (Å²) in [5.74, 6) is 1.38. The molecule has 0 aliphatic heterocycles. The summed E-state index contributed by atoms with van der Waals surface area (Å²) in [5, 5.41) is 1.02. The van der Waals surface area contributed by atoms with E-state index in [0.717, 1.165) is 28.0 Å². The predicted octanol–water partition coefficient (Wildman–Crippen LogP) is 6.26. The van der Waals surface area contributed by atoms with Crippen molar-refractivity contribution in [2.24, 2.45) is 4.99 Å². The molecule has 1 heterocycles. The van der Waals surface area contributed by atoms with Gasteiger partial charge in [0.25, 0.3) is 5.19 Å². The molecule has 0 unspecified atom stereocenters. The van der Waals surface area contributed by atoms with Gasteiger partial charge < -0.3 is 9.64 Å². The first kappa shape index (κ1) is 20.8. The Hall–Kier alpha value is -1.96. The highest BCUT2D eigenvalue weighted by Crippen LogP contribution is 2.35. The van der Waals surface area contributed by atoms with Gasteiger partial charge in [0.1, 0.15) is 5.75 Å². The zero-order chi connectivity index (χ0) is 20.1. The van der Waals surface area contributed by atoms with Crippen LogP contribution >= 0.6 is 39.1 Å². The fraction of sp³-hybridized carbons (Fsp3) is 0.250. The predicted molar refractivity (Wildman–Crippen MR) is 120 cm³/mol. The summed E-state index contributed by atoms with van der Waals surface area (Å²) in [5.41, 5.74) is 2.78. The molecule has 0 bridgehead atoms. The Labute approximate surface area is 182 Å². The molecule has 8 heteroatoms. The van der Waals surface area contributed by atoms with Gasteiger partial charge in [-0.25, -0.2) is 4.99 Å². The lowest BCUT2D eigenvalue weighted by molar-refractivity contribution is 0.474. The zero-order valence-corrected chi connectivity index (χ0v) is 19.0. The Morgan fingerprint density at radius 3 is 2.75 bits per heavy atom. The molecule has 28 heavy (non-hydrogen) atoms. The third-order valence-electron chi connectivity index (χ3n) is 4.06. The molecule has 0 saturated carbocycles. The van der Waals surface area contributed by atoms with Crippen LogP contribution in [0.25, 0.3) is 0 Å². The van der Waals surface area contributed by atoms with Gasteiger partial charge in [-0.15, -0.1) is 0 Å². The van der Waals surface area contributed by atoms with Crippen molar-refractivity contribution in [2.75, 3.05) is 13.6 Å². The molecule has 0 aliphatic rings. The fourth-order valence-electron chi connectivity index (χ4n) is 2.33. The second-order valence-electron chi connectivity index (χ2n) is 6.27. The molecule has 5 nitrogen and oxygen atoms in total. The second-order valence-corrected chi connectivity index (χ2v) is 8.31. The first-order chi connectivity index (χ1) is 13.4. The Morgan fingerprint density at radius 1 is 1.29 bits per heavy atom. The largest absolute Gasteiger partial charge is 0.430 e. The van der Waals surface area contributed by atoms with Gasteiger partial charge >= 0.3 is 0 Å². The average Bonchev–Trinajstić information content (AvgIpc) is 3.11. The Bertz CT molecular complexity index is 975. The molecule has 0 radical (unpaired) electrons. The summed E-state index contributed by atoms with van der Waals surface area (Å²) in [7, 11) is 1.96. The molecule has 0 saturated heterocycles. The molecule has 0 aliphatic carbocycles. The minimum Gasteiger partial charge on any atom is -0.430 e. The quantitative estimate of drug-likeness (QED) is 0.296. The summed E-state index contributed by atoms with van der Waals surface area (Å²) in [6, 6.07) is 11.8. The molecule has 0 fully saturated rings. The SMILES string of the molecule is CCN(C)/C=N\c1cc(C)c(Oc2nc(Cc3ccc(Br)cc3)ns2)cc1Cl. The summed E-state index contributed by atoms with van der Waals surface area (Å²) in [4.78, 5) is 10.9. The Kier molecular flexibility index (Phi) is 7.04. The van der Waals surface area contributed by atoms with E-state index in [2.05, 4.69) is 37.2 Å². The van der Waals surface area contributed by atoms with E-state index in [1.54, 1.807) is 12.4 Å². The van der Waals surface area contributed by atoms with Crippen LogP contribution in [0.5, 0.6) is 10.9 Å². The summed E-state index contributed by atoms with van der Waals surface area (Å²) < 4.78 is 11.4. The van der Waals surface area contributed by atoms with Crippen LogP contribution in [0, 0.1) is 6.92 Å². The van der Waals surface area contributed by atoms with E-state index in [1.165, 1.54) is 11.5 Å². The average molecular weight is 480 g/mol. The van der Waals surface area contributed by atoms with Crippen LogP contribution in [0.2, 0.25) is 5.02 Å². The van der Waals surface area contributed by atoms with Gasteiger partial charge in [-0.1, -0.05) is 39.7 Å². The number of hydrogen-bond donors (Lipinski definition) is 0. The van der Waals surface area contributed by atoms with Gasteiger partial charge in [0.15, 0.2) is 5.82 Å². The first-order valence-corrected chi connectivity index (χ1v) is 10.7. The summed E-state index contributed by atoms with van der Waals surface area (Å²) >= 11 is 11.0. The Morgan fingerprint density at radius 2 is 2.04 bits per heavy atom. The molecule has 0 N–H and O–H groups in total.